The van der Waals surface area contributed by atoms with Gasteiger partial charge in [-0.15, -0.1) is 0 Å². The molecule has 34 heavy (non-hydrogen) atoms. The number of nitrogens with zero attached hydrogens (tertiary/aromatic N) is 3. The van der Waals surface area contributed by atoms with Gasteiger partial charge in [0.25, 0.3) is 0 Å². The number of nitrogens with one attached hydrogen (secondary N) is 1. The van der Waals surface area contributed by atoms with E-state index in [0.29, 0.717) is 43.1 Å². The molecule has 0 bridgehead atoms. The summed E-state index contributed by atoms with van der Waals surface area (Å²) >= 11 is 6.02. The number of halogens is 2. The number of rotatable bonds is 7. The quantitative estimate of drug-likeness (QED) is 0.473. The van der Waals surface area contributed by atoms with Crippen molar-refractivity contribution in [3.8, 4) is 0 Å². The Morgan fingerprint density at radius 3 is 2.65 bits per heavy atom. The number of carbonyl (C=O) groups excluding carboxylic acids is 2. The third-order valence-electron chi connectivity index (χ3n) is 6.43. The van der Waals surface area contributed by atoms with Crippen molar-refractivity contribution in [1.82, 2.24) is 14.8 Å². The summed E-state index contributed by atoms with van der Waals surface area (Å²) < 4.78 is 20.3. The average Bonchev–Trinajstić information content (AvgIpc) is 3.29. The van der Waals surface area contributed by atoms with E-state index in [4.69, 9.17) is 16.3 Å². The number of aromatic nitrogens is 1. The number of hydrogen-bond donors (Lipinski definition) is 1. The summed E-state index contributed by atoms with van der Waals surface area (Å²) in [6.45, 7) is 5.74. The van der Waals surface area contributed by atoms with E-state index >= 15 is 0 Å². The molecule has 1 aromatic heterocycles. The predicted octanol–water partition coefficient (Wildman–Crippen LogP) is 3.96. The molecule has 0 atom stereocenters. The van der Waals surface area contributed by atoms with Crippen LogP contribution in [0, 0.1) is 5.82 Å². The summed E-state index contributed by atoms with van der Waals surface area (Å²) in [5.41, 5.74) is 2.66. The number of likely N-dealkylation sites (tertiary alicyclic amines) is 1. The van der Waals surface area contributed by atoms with E-state index in [9.17, 15) is 14.0 Å². The maximum absolute atomic E-state index is 14.9. The fourth-order valence-corrected chi connectivity index (χ4v) is 4.85. The van der Waals surface area contributed by atoms with Gasteiger partial charge in [0.05, 0.1) is 23.8 Å². The van der Waals surface area contributed by atoms with Gasteiger partial charge in [0.2, 0.25) is 12.3 Å². The third-order valence-corrected chi connectivity index (χ3v) is 6.65. The lowest BCUT2D eigenvalue weighted by molar-refractivity contribution is -0.135. The minimum atomic E-state index is -0.229. The molecule has 182 valence electrons. The Morgan fingerprint density at radius 1 is 1.24 bits per heavy atom. The summed E-state index contributed by atoms with van der Waals surface area (Å²) in [4.78, 5) is 32.6. The van der Waals surface area contributed by atoms with Gasteiger partial charge in [-0.1, -0.05) is 17.7 Å². The molecular weight excluding hydrogens is 459 g/mol. The number of piperidine rings is 1. The van der Waals surface area contributed by atoms with E-state index in [1.54, 1.807) is 23.1 Å². The van der Waals surface area contributed by atoms with E-state index in [1.165, 1.54) is 11.1 Å². The smallest absolute Gasteiger partial charge is 0.242 e. The maximum Gasteiger partial charge on any atom is 0.242 e. The summed E-state index contributed by atoms with van der Waals surface area (Å²) in [5, 5.41) is 0.973. The second kappa shape index (κ2) is 11.1. The predicted molar refractivity (Wildman–Crippen MR) is 131 cm³/mol. The van der Waals surface area contributed by atoms with Crippen LogP contribution in [0.2, 0.25) is 0 Å². The molecule has 2 amide bonds. The molecule has 0 spiro atoms. The molecule has 3 heterocycles. The zero-order chi connectivity index (χ0) is 24.1. The second-order valence-corrected chi connectivity index (χ2v) is 9.10. The number of anilines is 1. The lowest BCUT2D eigenvalue weighted by atomic mass is 9.93. The minimum absolute atomic E-state index is 0.0517. The van der Waals surface area contributed by atoms with Crippen LogP contribution in [0.5, 0.6) is 0 Å². The molecule has 2 fully saturated rings. The molecule has 4 rings (SSSR count). The highest BCUT2D eigenvalue weighted by Gasteiger charge is 2.26. The molecular formula is C25H30ClFN4O3. The molecule has 2 aliphatic rings. The standard InChI is InChI=1S/C25H30ClFN4O3/c1-2-3-19(26)15-29(17-32)16-25(33)31-6-4-18(5-7-31)23-14-21-22(27)12-20(13-24(21)28-23)30-8-10-34-11-9-30/h2-3,12-15,17-18,28H,4-11,16H2,1H3/b3-2-,19-15+. The van der Waals surface area contributed by atoms with Gasteiger partial charge in [0.15, 0.2) is 0 Å². The molecule has 2 aliphatic heterocycles. The maximum atomic E-state index is 14.9. The van der Waals surface area contributed by atoms with E-state index in [2.05, 4.69) is 9.88 Å². The Morgan fingerprint density at radius 2 is 1.97 bits per heavy atom. The molecule has 9 heteroatoms. The highest BCUT2D eigenvalue weighted by atomic mass is 35.5. The van der Waals surface area contributed by atoms with Crippen LogP contribution in [0.1, 0.15) is 31.4 Å². The molecule has 0 saturated carbocycles. The van der Waals surface area contributed by atoms with Gasteiger partial charge in [0, 0.05) is 55.1 Å². The Hall–Kier alpha value is -2.84. The number of ether oxygens (including phenoxy) is 1. The lowest BCUT2D eigenvalue weighted by Crippen LogP contribution is -2.42. The fourth-order valence-electron chi connectivity index (χ4n) is 4.59. The topological polar surface area (TPSA) is 68.9 Å². The van der Waals surface area contributed by atoms with E-state index in [-0.39, 0.29) is 24.2 Å². The van der Waals surface area contributed by atoms with Crippen molar-refractivity contribution >= 4 is 40.5 Å². The molecule has 2 saturated heterocycles. The molecule has 0 aliphatic carbocycles. The van der Waals surface area contributed by atoms with Gasteiger partial charge >= 0.3 is 0 Å². The zero-order valence-electron chi connectivity index (χ0n) is 19.3. The Bertz CT molecular complexity index is 1090. The summed E-state index contributed by atoms with van der Waals surface area (Å²) in [6, 6.07) is 5.51. The van der Waals surface area contributed by atoms with Crippen LogP contribution >= 0.6 is 11.6 Å². The van der Waals surface area contributed by atoms with Crippen LogP contribution in [-0.4, -0.2) is 73.0 Å². The second-order valence-electron chi connectivity index (χ2n) is 8.66. The number of benzene rings is 1. The number of aromatic amines is 1. The van der Waals surface area contributed by atoms with Crippen LogP contribution in [0.15, 0.2) is 41.6 Å². The van der Waals surface area contributed by atoms with E-state index in [1.807, 2.05) is 19.1 Å². The normalized spacial score (nSPS) is 18.1. The third kappa shape index (κ3) is 5.62. The first-order valence-electron chi connectivity index (χ1n) is 11.6. The SMILES string of the molecule is C/C=C\C(Cl)=C/N(C=O)CC(=O)N1CCC(c2cc3c(F)cc(N4CCOCC4)cc3[nH]2)CC1. The number of hydrogen-bond acceptors (Lipinski definition) is 4. The van der Waals surface area contributed by atoms with Crippen molar-refractivity contribution < 1.29 is 18.7 Å². The number of H-pyrrole nitrogens is 1. The Kier molecular flexibility index (Phi) is 7.90. The molecule has 1 aromatic carbocycles. The van der Waals surface area contributed by atoms with Gasteiger partial charge in [0.1, 0.15) is 12.4 Å². The summed E-state index contributed by atoms with van der Waals surface area (Å²) in [6.07, 6.45) is 7.00. The number of fused-ring (bicyclic) bond motifs is 1. The van der Waals surface area contributed by atoms with Gasteiger partial charge in [-0.3, -0.25) is 9.59 Å². The zero-order valence-corrected chi connectivity index (χ0v) is 20.1. The van der Waals surface area contributed by atoms with E-state index in [0.717, 1.165) is 42.8 Å². The highest BCUT2D eigenvalue weighted by Crippen LogP contribution is 2.33. The van der Waals surface area contributed by atoms with Gasteiger partial charge in [-0.2, -0.15) is 0 Å². The van der Waals surface area contributed by atoms with Crippen molar-refractivity contribution in [1.29, 1.82) is 0 Å². The Balaban J connectivity index is 1.39. The van der Waals surface area contributed by atoms with Crippen molar-refractivity contribution in [2.75, 3.05) is 50.8 Å². The summed E-state index contributed by atoms with van der Waals surface area (Å²) in [7, 11) is 0. The fraction of sp³-hybridized carbons (Fsp3) is 0.440. The number of morpholine rings is 1. The minimum Gasteiger partial charge on any atom is -0.378 e. The van der Waals surface area contributed by atoms with Crippen LogP contribution < -0.4 is 4.90 Å². The van der Waals surface area contributed by atoms with Crippen LogP contribution in [0.25, 0.3) is 10.9 Å². The van der Waals surface area contributed by atoms with Crippen molar-refractivity contribution in [3.63, 3.8) is 0 Å². The molecule has 0 unspecified atom stereocenters. The van der Waals surface area contributed by atoms with Crippen molar-refractivity contribution in [2.24, 2.45) is 0 Å². The monoisotopic (exact) mass is 488 g/mol. The number of amides is 2. The first kappa shape index (κ1) is 24.3. The molecule has 2 aromatic rings. The average molecular weight is 489 g/mol. The molecule has 7 nitrogen and oxygen atoms in total. The van der Waals surface area contributed by atoms with Gasteiger partial charge < -0.3 is 24.4 Å². The van der Waals surface area contributed by atoms with Crippen LogP contribution in [-0.2, 0) is 14.3 Å². The van der Waals surface area contributed by atoms with E-state index < -0.39 is 0 Å². The van der Waals surface area contributed by atoms with Gasteiger partial charge in [-0.25, -0.2) is 4.39 Å². The molecule has 1 N–H and O–H groups in total. The van der Waals surface area contributed by atoms with Crippen molar-refractivity contribution in [2.45, 2.75) is 25.7 Å². The summed E-state index contributed by atoms with van der Waals surface area (Å²) in [5.74, 6) is -0.133. The Labute approximate surface area is 203 Å². The highest BCUT2D eigenvalue weighted by molar-refractivity contribution is 6.31. The number of allylic oxidation sites excluding steroid dienone is 3. The van der Waals surface area contributed by atoms with Crippen LogP contribution in [0.4, 0.5) is 10.1 Å². The first-order chi connectivity index (χ1) is 16.5. The van der Waals surface area contributed by atoms with Crippen molar-refractivity contribution in [3.05, 3.63) is 53.1 Å². The van der Waals surface area contributed by atoms with Crippen LogP contribution in [0.3, 0.4) is 0 Å². The molecule has 0 radical (unpaired) electrons. The lowest BCUT2D eigenvalue weighted by Gasteiger charge is -2.32. The van der Waals surface area contributed by atoms with Gasteiger partial charge in [-0.05, 0) is 44.0 Å². The largest absolute Gasteiger partial charge is 0.378 e. The number of carbonyl (C=O) groups is 2. The first-order valence-corrected chi connectivity index (χ1v) is 12.0.